The van der Waals surface area contributed by atoms with Gasteiger partial charge in [0.2, 0.25) is 0 Å². The van der Waals surface area contributed by atoms with Gasteiger partial charge in [0, 0.05) is 11.3 Å². The van der Waals surface area contributed by atoms with E-state index in [0.717, 1.165) is 0 Å². The molecule has 0 aliphatic heterocycles. The van der Waals surface area contributed by atoms with Gasteiger partial charge in [-0.1, -0.05) is 12.1 Å². The van der Waals surface area contributed by atoms with Crippen molar-refractivity contribution in [2.75, 3.05) is 5.73 Å². The van der Waals surface area contributed by atoms with E-state index in [4.69, 9.17) is 21.1 Å². The predicted molar refractivity (Wildman–Crippen MR) is 56.4 cm³/mol. The molecule has 0 heterocycles. The first-order valence-corrected chi connectivity index (χ1v) is 4.57. The molecule has 0 aliphatic rings. The van der Waals surface area contributed by atoms with Crippen LogP contribution in [0.2, 0.25) is 0 Å². The molecule has 0 aliphatic carbocycles. The lowest BCUT2D eigenvalue weighted by molar-refractivity contribution is -0.153. The summed E-state index contributed by atoms with van der Waals surface area (Å²) in [4.78, 5) is 21.4. The number of aliphatic carboxylic acids is 1. The summed E-state index contributed by atoms with van der Waals surface area (Å²) in [6.07, 6.45) is -3.98. The molecule has 0 saturated carbocycles. The average Bonchev–Trinajstić information content (AvgIpc) is 2.25. The molecule has 0 radical (unpaired) electrons. The largest absolute Gasteiger partial charge is 0.479 e. The average molecular weight is 241 g/mol. The van der Waals surface area contributed by atoms with Crippen LogP contribution in [0.1, 0.15) is 22.0 Å². The van der Waals surface area contributed by atoms with Gasteiger partial charge in [-0.15, -0.1) is 0 Å². The summed E-state index contributed by atoms with van der Waals surface area (Å²) in [5.74, 6) is -3.06. The summed E-state index contributed by atoms with van der Waals surface area (Å²) in [7, 11) is 0. The number of nitrogen functional groups attached to an aromatic ring is 1. The highest BCUT2D eigenvalue weighted by Gasteiger charge is 2.29. The maximum atomic E-state index is 10.9. The Hall–Kier alpha value is -2.12. The first kappa shape index (κ1) is 12.9. The molecule has 0 saturated heterocycles. The number of carboxylic acid groups (broad SMARTS) is 2. The Morgan fingerprint density at radius 1 is 1.18 bits per heavy atom. The molecule has 1 aromatic rings. The first-order chi connectivity index (χ1) is 7.86. The minimum Gasteiger partial charge on any atom is -0.479 e. The van der Waals surface area contributed by atoms with Gasteiger partial charge >= 0.3 is 11.9 Å². The van der Waals surface area contributed by atoms with Crippen molar-refractivity contribution in [3.05, 3.63) is 29.3 Å². The van der Waals surface area contributed by atoms with Gasteiger partial charge in [0.25, 0.3) is 0 Å². The molecule has 6 N–H and O–H groups in total. The van der Waals surface area contributed by atoms with Crippen molar-refractivity contribution in [2.45, 2.75) is 12.2 Å². The summed E-state index contributed by atoms with van der Waals surface area (Å²) < 4.78 is 0. The molecule has 2 unspecified atom stereocenters. The summed E-state index contributed by atoms with van der Waals surface area (Å²) in [6.45, 7) is 0. The standard InChI is InChI=1S/C10H11NO6/c11-5-3-1-2-4(6(5)9(14)15)7(12)8(13)10(16)17/h1-3,7-8,12-13H,11H2,(H,14,15)(H,16,17). The molecular weight excluding hydrogens is 230 g/mol. The maximum absolute atomic E-state index is 10.9. The number of aromatic carboxylic acids is 1. The number of carboxylic acids is 2. The third kappa shape index (κ3) is 2.52. The molecule has 7 heteroatoms. The lowest BCUT2D eigenvalue weighted by Crippen LogP contribution is -2.28. The van der Waals surface area contributed by atoms with Crippen molar-refractivity contribution < 1.29 is 30.0 Å². The van der Waals surface area contributed by atoms with E-state index in [2.05, 4.69) is 0 Å². The van der Waals surface area contributed by atoms with E-state index >= 15 is 0 Å². The zero-order chi connectivity index (χ0) is 13.2. The summed E-state index contributed by atoms with van der Waals surface area (Å²) in [5.41, 5.74) is 4.64. The molecule has 2 atom stereocenters. The van der Waals surface area contributed by atoms with Gasteiger partial charge in [0.1, 0.15) is 6.10 Å². The van der Waals surface area contributed by atoms with E-state index in [1.54, 1.807) is 0 Å². The van der Waals surface area contributed by atoms with Crippen LogP contribution in [0.4, 0.5) is 5.69 Å². The van der Waals surface area contributed by atoms with E-state index < -0.39 is 29.7 Å². The highest BCUT2D eigenvalue weighted by atomic mass is 16.4. The molecule has 1 rings (SSSR count). The zero-order valence-electron chi connectivity index (χ0n) is 8.57. The van der Waals surface area contributed by atoms with Gasteiger partial charge in [-0.05, 0) is 6.07 Å². The molecule has 0 amide bonds. The summed E-state index contributed by atoms with van der Waals surface area (Å²) in [6, 6.07) is 3.85. The third-order valence-electron chi connectivity index (χ3n) is 2.21. The van der Waals surface area contributed by atoms with Crippen LogP contribution in [-0.2, 0) is 4.79 Å². The Morgan fingerprint density at radius 3 is 2.24 bits per heavy atom. The predicted octanol–water partition coefficient (Wildman–Crippen LogP) is -0.554. The van der Waals surface area contributed by atoms with Gasteiger partial charge in [0.05, 0.1) is 5.56 Å². The van der Waals surface area contributed by atoms with Crippen molar-refractivity contribution in [1.82, 2.24) is 0 Å². The second-order valence-corrected chi connectivity index (χ2v) is 3.34. The second kappa shape index (κ2) is 4.81. The van der Waals surface area contributed by atoms with Crippen molar-refractivity contribution >= 4 is 17.6 Å². The number of hydrogen-bond acceptors (Lipinski definition) is 5. The number of rotatable bonds is 4. The number of nitrogens with two attached hydrogens (primary N) is 1. The first-order valence-electron chi connectivity index (χ1n) is 4.57. The summed E-state index contributed by atoms with van der Waals surface area (Å²) >= 11 is 0. The van der Waals surface area contributed by atoms with E-state index in [0.29, 0.717) is 0 Å². The number of aliphatic hydroxyl groups excluding tert-OH is 2. The highest BCUT2D eigenvalue weighted by Crippen LogP contribution is 2.25. The van der Waals surface area contributed by atoms with Crippen molar-refractivity contribution in [3.8, 4) is 0 Å². The molecule has 17 heavy (non-hydrogen) atoms. The van der Waals surface area contributed by atoms with Gasteiger partial charge in [-0.25, -0.2) is 9.59 Å². The van der Waals surface area contributed by atoms with Crippen LogP contribution < -0.4 is 5.73 Å². The van der Waals surface area contributed by atoms with Crippen LogP contribution in [0.25, 0.3) is 0 Å². The molecule has 0 aromatic heterocycles. The fourth-order valence-corrected chi connectivity index (χ4v) is 1.39. The monoisotopic (exact) mass is 241 g/mol. The Morgan fingerprint density at radius 2 is 1.76 bits per heavy atom. The van der Waals surface area contributed by atoms with E-state index in [1.165, 1.54) is 18.2 Å². The Balaban J connectivity index is 3.26. The van der Waals surface area contributed by atoms with Gasteiger partial charge in [-0.3, -0.25) is 0 Å². The maximum Gasteiger partial charge on any atom is 0.338 e. The topological polar surface area (TPSA) is 141 Å². The molecule has 1 aromatic carbocycles. The number of carbonyl (C=O) groups is 2. The van der Waals surface area contributed by atoms with Crippen LogP contribution in [-0.4, -0.2) is 38.5 Å². The van der Waals surface area contributed by atoms with Crippen LogP contribution in [0.3, 0.4) is 0 Å². The zero-order valence-corrected chi connectivity index (χ0v) is 8.57. The summed E-state index contributed by atoms with van der Waals surface area (Å²) in [5, 5.41) is 36.1. The van der Waals surface area contributed by atoms with Crippen LogP contribution >= 0.6 is 0 Å². The molecule has 0 spiro atoms. The Kier molecular flexibility index (Phi) is 3.66. The second-order valence-electron chi connectivity index (χ2n) is 3.34. The molecule has 0 bridgehead atoms. The minimum atomic E-state index is -2.12. The van der Waals surface area contributed by atoms with Gasteiger partial charge in [0.15, 0.2) is 6.10 Å². The van der Waals surface area contributed by atoms with Gasteiger partial charge in [-0.2, -0.15) is 0 Å². The van der Waals surface area contributed by atoms with Crippen molar-refractivity contribution in [2.24, 2.45) is 0 Å². The Bertz CT molecular complexity index is 458. The van der Waals surface area contributed by atoms with Crippen molar-refractivity contribution in [1.29, 1.82) is 0 Å². The van der Waals surface area contributed by atoms with E-state index in [-0.39, 0.29) is 11.3 Å². The lowest BCUT2D eigenvalue weighted by Gasteiger charge is -2.17. The van der Waals surface area contributed by atoms with E-state index in [1.807, 2.05) is 0 Å². The van der Waals surface area contributed by atoms with Crippen LogP contribution in [0, 0.1) is 0 Å². The minimum absolute atomic E-state index is 0.119. The van der Waals surface area contributed by atoms with Crippen LogP contribution in [0.5, 0.6) is 0 Å². The third-order valence-corrected chi connectivity index (χ3v) is 2.21. The van der Waals surface area contributed by atoms with E-state index in [9.17, 15) is 14.7 Å². The number of anilines is 1. The molecule has 0 fully saturated rings. The number of aliphatic hydroxyl groups is 2. The fraction of sp³-hybridized carbons (Fsp3) is 0.200. The quantitative estimate of drug-likeness (QED) is 0.445. The van der Waals surface area contributed by atoms with Gasteiger partial charge < -0.3 is 26.2 Å². The molecule has 7 nitrogen and oxygen atoms in total. The van der Waals surface area contributed by atoms with Crippen molar-refractivity contribution in [3.63, 3.8) is 0 Å². The smallest absolute Gasteiger partial charge is 0.338 e. The highest BCUT2D eigenvalue weighted by molar-refractivity contribution is 5.95. The molecular formula is C10H11NO6. The van der Waals surface area contributed by atoms with Crippen LogP contribution in [0.15, 0.2) is 18.2 Å². The normalized spacial score (nSPS) is 14.0. The Labute approximate surface area is 95.7 Å². The molecule has 92 valence electrons. The number of hydrogen-bond donors (Lipinski definition) is 5. The SMILES string of the molecule is Nc1cccc(C(O)C(O)C(=O)O)c1C(=O)O. The number of benzene rings is 1. The fourth-order valence-electron chi connectivity index (χ4n) is 1.39. The lowest BCUT2D eigenvalue weighted by atomic mass is 9.97.